The highest BCUT2D eigenvalue weighted by Crippen LogP contribution is 2.19. The molecule has 1 aromatic rings. The monoisotopic (exact) mass is 402 g/mol. The van der Waals surface area contributed by atoms with Gasteiger partial charge in [-0.25, -0.2) is 0 Å². The van der Waals surface area contributed by atoms with Crippen molar-refractivity contribution in [3.05, 3.63) is 29.3 Å². The Morgan fingerprint density at radius 2 is 1.72 bits per heavy atom. The topological polar surface area (TPSA) is 48.1 Å². The van der Waals surface area contributed by atoms with Crippen LogP contribution in [-0.4, -0.2) is 92.2 Å². The molecule has 0 unspecified atom stereocenters. The standard InChI is InChI=1S/C23H38N4O2/c1-18(2)14-27-12-13-29-21(16-27)15-25-8-10-26(11-9-25)17-22(28)24-23-19(3)6-5-7-20(23)4/h5-7,18,21H,8-17H2,1-4H3,(H,24,28)/t21-/m0/s1. The van der Waals surface area contributed by atoms with Gasteiger partial charge in [-0.05, 0) is 30.9 Å². The Morgan fingerprint density at radius 1 is 1.07 bits per heavy atom. The number of para-hydroxylation sites is 1. The minimum atomic E-state index is 0.0794. The lowest BCUT2D eigenvalue weighted by Crippen LogP contribution is -2.53. The average molecular weight is 403 g/mol. The number of benzene rings is 1. The van der Waals surface area contributed by atoms with Gasteiger partial charge in [0.2, 0.25) is 5.91 Å². The smallest absolute Gasteiger partial charge is 0.238 e. The van der Waals surface area contributed by atoms with E-state index in [1.165, 1.54) is 0 Å². The summed E-state index contributed by atoms with van der Waals surface area (Å²) >= 11 is 0. The number of hydrogen-bond donors (Lipinski definition) is 1. The van der Waals surface area contributed by atoms with Gasteiger partial charge in [0.15, 0.2) is 0 Å². The van der Waals surface area contributed by atoms with Crippen LogP contribution in [0.25, 0.3) is 0 Å². The first kappa shape index (κ1) is 22.2. The van der Waals surface area contributed by atoms with Crippen molar-refractivity contribution in [2.24, 2.45) is 5.92 Å². The number of nitrogens with zero attached hydrogens (tertiary/aromatic N) is 3. The van der Waals surface area contributed by atoms with Crippen molar-refractivity contribution in [2.75, 3.05) is 70.8 Å². The van der Waals surface area contributed by atoms with Crippen LogP contribution in [0.3, 0.4) is 0 Å². The lowest BCUT2D eigenvalue weighted by Gasteiger charge is -2.39. The Hall–Kier alpha value is -1.47. The molecule has 1 amide bonds. The maximum atomic E-state index is 12.5. The number of carbonyl (C=O) groups excluding carboxylic acids is 1. The van der Waals surface area contributed by atoms with E-state index in [0.717, 1.165) is 75.8 Å². The minimum Gasteiger partial charge on any atom is -0.374 e. The molecule has 0 radical (unpaired) electrons. The van der Waals surface area contributed by atoms with Crippen LogP contribution in [0, 0.1) is 19.8 Å². The molecule has 162 valence electrons. The van der Waals surface area contributed by atoms with E-state index >= 15 is 0 Å². The van der Waals surface area contributed by atoms with E-state index in [1.54, 1.807) is 0 Å². The molecule has 0 bridgehead atoms. The Kier molecular flexibility index (Phi) is 8.07. The van der Waals surface area contributed by atoms with Gasteiger partial charge in [-0.15, -0.1) is 0 Å². The molecule has 3 rings (SSSR count). The van der Waals surface area contributed by atoms with Crippen molar-refractivity contribution in [3.63, 3.8) is 0 Å². The van der Waals surface area contributed by atoms with Crippen molar-refractivity contribution in [2.45, 2.75) is 33.8 Å². The molecule has 2 aliphatic heterocycles. The molecular weight excluding hydrogens is 364 g/mol. The highest BCUT2D eigenvalue weighted by Gasteiger charge is 2.26. The summed E-state index contributed by atoms with van der Waals surface area (Å²) < 4.78 is 6.01. The highest BCUT2D eigenvalue weighted by atomic mass is 16.5. The zero-order chi connectivity index (χ0) is 20.8. The molecule has 0 aromatic heterocycles. The summed E-state index contributed by atoms with van der Waals surface area (Å²) in [6, 6.07) is 6.10. The summed E-state index contributed by atoms with van der Waals surface area (Å²) in [6.07, 6.45) is 0.307. The third-order valence-electron chi connectivity index (χ3n) is 5.89. The second kappa shape index (κ2) is 10.5. The van der Waals surface area contributed by atoms with Gasteiger partial charge in [-0.2, -0.15) is 0 Å². The predicted molar refractivity (Wildman–Crippen MR) is 118 cm³/mol. The fourth-order valence-electron chi connectivity index (χ4n) is 4.38. The molecule has 1 N–H and O–H groups in total. The van der Waals surface area contributed by atoms with Gasteiger partial charge in [0, 0.05) is 58.0 Å². The summed E-state index contributed by atoms with van der Waals surface area (Å²) in [7, 11) is 0. The first-order valence-corrected chi connectivity index (χ1v) is 11.1. The van der Waals surface area contributed by atoms with E-state index in [4.69, 9.17) is 4.74 Å². The number of rotatable bonds is 7. The Morgan fingerprint density at radius 3 is 2.38 bits per heavy atom. The highest BCUT2D eigenvalue weighted by molar-refractivity contribution is 5.93. The van der Waals surface area contributed by atoms with Crippen molar-refractivity contribution in [3.8, 4) is 0 Å². The van der Waals surface area contributed by atoms with Crippen molar-refractivity contribution >= 4 is 11.6 Å². The molecule has 0 aliphatic carbocycles. The summed E-state index contributed by atoms with van der Waals surface area (Å²) in [4.78, 5) is 19.8. The van der Waals surface area contributed by atoms with Crippen LogP contribution in [0.5, 0.6) is 0 Å². The van der Waals surface area contributed by atoms with Crippen molar-refractivity contribution in [1.82, 2.24) is 14.7 Å². The molecule has 0 spiro atoms. The molecule has 2 saturated heterocycles. The van der Waals surface area contributed by atoms with E-state index < -0.39 is 0 Å². The van der Waals surface area contributed by atoms with Crippen LogP contribution in [-0.2, 0) is 9.53 Å². The van der Waals surface area contributed by atoms with Crippen LogP contribution < -0.4 is 5.32 Å². The quantitative estimate of drug-likeness (QED) is 0.758. The molecule has 1 atom stereocenters. The fourth-order valence-corrected chi connectivity index (χ4v) is 4.38. The second-order valence-corrected chi connectivity index (χ2v) is 9.04. The minimum absolute atomic E-state index is 0.0794. The lowest BCUT2D eigenvalue weighted by molar-refractivity contribution is -0.117. The summed E-state index contributed by atoms with van der Waals surface area (Å²) in [5.41, 5.74) is 3.18. The number of morpholine rings is 1. The van der Waals surface area contributed by atoms with Gasteiger partial charge in [0.05, 0.1) is 19.3 Å². The first-order chi connectivity index (χ1) is 13.9. The Labute approximate surface area is 176 Å². The molecule has 2 heterocycles. The third-order valence-corrected chi connectivity index (χ3v) is 5.89. The Balaban J connectivity index is 1.39. The normalized spacial score (nSPS) is 22.2. The molecule has 0 saturated carbocycles. The second-order valence-electron chi connectivity index (χ2n) is 9.04. The number of piperazine rings is 1. The molecule has 6 nitrogen and oxygen atoms in total. The number of hydrogen-bond acceptors (Lipinski definition) is 5. The molecular formula is C23H38N4O2. The maximum absolute atomic E-state index is 12.5. The van der Waals surface area contributed by atoms with Crippen LogP contribution in [0.2, 0.25) is 0 Å². The predicted octanol–water partition coefficient (Wildman–Crippen LogP) is 2.22. The molecule has 2 aliphatic rings. The molecule has 2 fully saturated rings. The van der Waals surface area contributed by atoms with E-state index in [9.17, 15) is 4.79 Å². The molecule has 6 heteroatoms. The number of aryl methyl sites for hydroxylation is 2. The van der Waals surface area contributed by atoms with Crippen molar-refractivity contribution < 1.29 is 9.53 Å². The van der Waals surface area contributed by atoms with Crippen LogP contribution >= 0.6 is 0 Å². The zero-order valence-corrected chi connectivity index (χ0v) is 18.6. The zero-order valence-electron chi connectivity index (χ0n) is 18.6. The number of nitrogens with one attached hydrogen (secondary N) is 1. The SMILES string of the molecule is Cc1cccc(C)c1NC(=O)CN1CCN(C[C@H]2CN(CC(C)C)CCO2)CC1. The van der Waals surface area contributed by atoms with Gasteiger partial charge in [0.25, 0.3) is 0 Å². The van der Waals surface area contributed by atoms with Gasteiger partial charge in [-0.3, -0.25) is 19.5 Å². The van der Waals surface area contributed by atoms with Crippen molar-refractivity contribution in [1.29, 1.82) is 0 Å². The van der Waals surface area contributed by atoms with Gasteiger partial charge < -0.3 is 10.1 Å². The number of carbonyl (C=O) groups is 1. The van der Waals surface area contributed by atoms with E-state index in [0.29, 0.717) is 18.6 Å². The van der Waals surface area contributed by atoms with Crippen LogP contribution in [0.1, 0.15) is 25.0 Å². The number of amides is 1. The maximum Gasteiger partial charge on any atom is 0.238 e. The molecule has 29 heavy (non-hydrogen) atoms. The van der Waals surface area contributed by atoms with Gasteiger partial charge in [0.1, 0.15) is 0 Å². The van der Waals surface area contributed by atoms with E-state index in [-0.39, 0.29) is 5.91 Å². The largest absolute Gasteiger partial charge is 0.374 e. The van der Waals surface area contributed by atoms with E-state index in [1.807, 2.05) is 32.0 Å². The fraction of sp³-hybridized carbons (Fsp3) is 0.696. The van der Waals surface area contributed by atoms with Crippen LogP contribution in [0.15, 0.2) is 18.2 Å². The number of ether oxygens (including phenoxy) is 1. The first-order valence-electron chi connectivity index (χ1n) is 11.1. The summed E-state index contributed by atoms with van der Waals surface area (Å²) in [5.74, 6) is 0.780. The Bertz CT molecular complexity index is 651. The number of anilines is 1. The lowest BCUT2D eigenvalue weighted by atomic mass is 10.1. The molecule has 1 aromatic carbocycles. The summed E-state index contributed by atoms with van der Waals surface area (Å²) in [5, 5.41) is 3.10. The summed E-state index contributed by atoms with van der Waals surface area (Å²) in [6.45, 7) is 18.1. The third kappa shape index (κ3) is 6.78. The van der Waals surface area contributed by atoms with E-state index in [2.05, 4.69) is 33.9 Å². The van der Waals surface area contributed by atoms with Gasteiger partial charge in [-0.1, -0.05) is 32.0 Å². The van der Waals surface area contributed by atoms with Crippen LogP contribution in [0.4, 0.5) is 5.69 Å². The average Bonchev–Trinajstić information content (AvgIpc) is 2.66. The van der Waals surface area contributed by atoms with Gasteiger partial charge >= 0.3 is 0 Å².